The van der Waals surface area contributed by atoms with E-state index in [1.807, 2.05) is 20.8 Å². The molecule has 2 N–H and O–H groups in total. The molecule has 2 aliphatic rings. The van der Waals surface area contributed by atoms with Gasteiger partial charge in [-0.05, 0) is 81.1 Å². The molecule has 8 nitrogen and oxygen atoms in total. The number of nitrogens with one attached hydrogen (secondary N) is 1. The fraction of sp³-hybridized carbons (Fsp3) is 0.455. The highest BCUT2D eigenvalue weighted by Crippen LogP contribution is 2.33. The van der Waals surface area contributed by atoms with Crippen LogP contribution in [-0.4, -0.2) is 46.9 Å². The van der Waals surface area contributed by atoms with E-state index in [1.54, 1.807) is 12.1 Å². The van der Waals surface area contributed by atoms with E-state index in [9.17, 15) is 24.3 Å². The lowest BCUT2D eigenvalue weighted by Gasteiger charge is -2.35. The van der Waals surface area contributed by atoms with Gasteiger partial charge in [0.15, 0.2) is 0 Å². The van der Waals surface area contributed by atoms with Crippen LogP contribution in [-0.2, 0) is 14.3 Å². The molecule has 31 heavy (non-hydrogen) atoms. The predicted molar refractivity (Wildman–Crippen MR) is 118 cm³/mol. The molecule has 2 heterocycles. The van der Waals surface area contributed by atoms with Crippen LogP contribution in [0.1, 0.15) is 56.0 Å². The Bertz CT molecular complexity index is 950. The number of anilines is 1. The van der Waals surface area contributed by atoms with Crippen LogP contribution >= 0.6 is 11.8 Å². The number of benzene rings is 1. The van der Waals surface area contributed by atoms with Gasteiger partial charge in [-0.2, -0.15) is 0 Å². The average molecular weight is 447 g/mol. The molecule has 0 bridgehead atoms. The molecule has 166 valence electrons. The first-order valence-electron chi connectivity index (χ1n) is 10.1. The summed E-state index contributed by atoms with van der Waals surface area (Å²) in [6.07, 6.45) is 3.62. The second-order valence-electron chi connectivity index (χ2n) is 8.68. The van der Waals surface area contributed by atoms with E-state index in [2.05, 4.69) is 10.2 Å². The zero-order chi connectivity index (χ0) is 22.8. The number of nitrogens with zero attached hydrogens (tertiary/aromatic N) is 1. The number of ether oxygens (including phenoxy) is 1. The van der Waals surface area contributed by atoms with Crippen LogP contribution in [0.25, 0.3) is 6.08 Å². The lowest BCUT2D eigenvalue weighted by molar-refractivity contribution is -0.156. The maximum absolute atomic E-state index is 12.3. The Morgan fingerprint density at radius 2 is 2.06 bits per heavy atom. The summed E-state index contributed by atoms with van der Waals surface area (Å²) >= 11 is 0.787. The summed E-state index contributed by atoms with van der Waals surface area (Å²) in [4.78, 5) is 49.5. The minimum absolute atomic E-state index is 0.0904. The van der Waals surface area contributed by atoms with E-state index in [4.69, 9.17) is 4.74 Å². The van der Waals surface area contributed by atoms with Gasteiger partial charge in [0.1, 0.15) is 5.60 Å². The standard InChI is InChI=1S/C22H26N2O6S/c1-22(2,3)30-18(25)9-13-5-4-8-24(12-13)16-7-6-14(20(27)28)10-15(16)11-17-19(26)23-21(29)31-17/h6-7,10-11,13H,4-5,8-9,12H2,1-3H3,(H,27,28)(H,23,26,29)/b17-11-/t13-/m0/s1. The second kappa shape index (κ2) is 9.13. The molecule has 1 aromatic rings. The van der Waals surface area contributed by atoms with Crippen LogP contribution in [0.5, 0.6) is 0 Å². The van der Waals surface area contributed by atoms with Gasteiger partial charge in [0.25, 0.3) is 11.1 Å². The molecule has 0 spiro atoms. The third kappa shape index (κ3) is 6.10. The number of thioether (sulfide) groups is 1. The molecule has 0 radical (unpaired) electrons. The Morgan fingerprint density at radius 1 is 1.32 bits per heavy atom. The van der Waals surface area contributed by atoms with Crippen molar-refractivity contribution in [2.75, 3.05) is 18.0 Å². The van der Waals surface area contributed by atoms with E-state index in [0.717, 1.165) is 36.8 Å². The minimum Gasteiger partial charge on any atom is -0.478 e. The van der Waals surface area contributed by atoms with Crippen LogP contribution in [0.4, 0.5) is 10.5 Å². The number of esters is 1. The molecule has 1 aromatic carbocycles. The summed E-state index contributed by atoms with van der Waals surface area (Å²) in [5.41, 5.74) is 0.867. The van der Waals surface area contributed by atoms with Crippen molar-refractivity contribution in [3.05, 3.63) is 34.2 Å². The molecule has 9 heteroatoms. The largest absolute Gasteiger partial charge is 0.478 e. The molecule has 2 saturated heterocycles. The van der Waals surface area contributed by atoms with Crippen molar-refractivity contribution in [3.63, 3.8) is 0 Å². The highest BCUT2D eigenvalue weighted by molar-refractivity contribution is 8.18. The Hall–Kier alpha value is -2.81. The van der Waals surface area contributed by atoms with Gasteiger partial charge in [-0.25, -0.2) is 4.79 Å². The molecule has 2 fully saturated rings. The third-order valence-electron chi connectivity index (χ3n) is 4.94. The first kappa shape index (κ1) is 22.9. The molecular formula is C22H26N2O6S. The van der Waals surface area contributed by atoms with Crippen LogP contribution in [0.3, 0.4) is 0 Å². The summed E-state index contributed by atoms with van der Waals surface area (Å²) in [5.74, 6) is -1.70. The van der Waals surface area contributed by atoms with Crippen molar-refractivity contribution < 1.29 is 29.0 Å². The van der Waals surface area contributed by atoms with Crippen LogP contribution in [0, 0.1) is 5.92 Å². The summed E-state index contributed by atoms with van der Waals surface area (Å²) in [6.45, 7) is 6.86. The Balaban J connectivity index is 1.84. The number of carbonyl (C=O) groups is 4. The Kier molecular flexibility index (Phi) is 6.74. The topological polar surface area (TPSA) is 113 Å². The number of carboxylic acids is 1. The molecular weight excluding hydrogens is 420 g/mol. The smallest absolute Gasteiger partial charge is 0.335 e. The summed E-state index contributed by atoms with van der Waals surface area (Å²) < 4.78 is 5.45. The summed E-state index contributed by atoms with van der Waals surface area (Å²) in [6, 6.07) is 4.73. The van der Waals surface area contributed by atoms with Crippen molar-refractivity contribution in [3.8, 4) is 0 Å². The van der Waals surface area contributed by atoms with Crippen LogP contribution in [0.2, 0.25) is 0 Å². The van der Waals surface area contributed by atoms with Gasteiger partial charge in [-0.3, -0.25) is 19.7 Å². The lowest BCUT2D eigenvalue weighted by Crippen LogP contribution is -2.37. The lowest BCUT2D eigenvalue weighted by atomic mass is 9.93. The minimum atomic E-state index is -1.08. The maximum Gasteiger partial charge on any atom is 0.335 e. The van der Waals surface area contributed by atoms with Crippen LogP contribution < -0.4 is 10.2 Å². The second-order valence-corrected chi connectivity index (χ2v) is 9.69. The van der Waals surface area contributed by atoms with Crippen molar-refractivity contribution >= 4 is 46.6 Å². The number of carbonyl (C=O) groups excluding carboxylic acids is 3. The van der Waals surface area contributed by atoms with E-state index in [1.165, 1.54) is 12.1 Å². The Labute approximate surface area is 185 Å². The number of hydrogen-bond acceptors (Lipinski definition) is 7. The third-order valence-corrected chi connectivity index (χ3v) is 5.75. The first-order chi connectivity index (χ1) is 14.5. The number of rotatable bonds is 5. The number of imide groups is 1. The summed E-state index contributed by atoms with van der Waals surface area (Å²) in [7, 11) is 0. The van der Waals surface area contributed by atoms with Gasteiger partial charge in [0.2, 0.25) is 0 Å². The van der Waals surface area contributed by atoms with E-state index >= 15 is 0 Å². The fourth-order valence-corrected chi connectivity index (χ4v) is 4.40. The maximum atomic E-state index is 12.3. The number of hydrogen-bond donors (Lipinski definition) is 2. The normalized spacial score (nSPS) is 20.7. The van der Waals surface area contributed by atoms with Gasteiger partial charge in [0.05, 0.1) is 16.9 Å². The molecule has 0 aromatic heterocycles. The number of amides is 2. The van der Waals surface area contributed by atoms with Gasteiger partial charge < -0.3 is 14.7 Å². The highest BCUT2D eigenvalue weighted by Gasteiger charge is 2.28. The van der Waals surface area contributed by atoms with Gasteiger partial charge in [-0.15, -0.1) is 0 Å². The molecule has 2 aliphatic heterocycles. The Morgan fingerprint density at radius 3 is 2.68 bits per heavy atom. The molecule has 1 atom stereocenters. The molecule has 2 amide bonds. The van der Waals surface area contributed by atoms with Gasteiger partial charge >= 0.3 is 11.9 Å². The SMILES string of the molecule is CC(C)(C)OC(=O)C[C@@H]1CCCN(c2ccc(C(=O)O)cc2/C=C2\SC(=O)NC2=O)C1. The van der Waals surface area contributed by atoms with E-state index < -0.39 is 22.7 Å². The van der Waals surface area contributed by atoms with Crippen molar-refractivity contribution in [1.82, 2.24) is 5.32 Å². The fourth-order valence-electron chi connectivity index (χ4n) is 3.72. The quantitative estimate of drug-likeness (QED) is 0.520. The predicted octanol–water partition coefficient (Wildman–Crippen LogP) is 3.66. The van der Waals surface area contributed by atoms with E-state index in [0.29, 0.717) is 18.5 Å². The van der Waals surface area contributed by atoms with E-state index in [-0.39, 0.29) is 22.4 Å². The number of carboxylic acid groups (broad SMARTS) is 1. The monoisotopic (exact) mass is 446 g/mol. The van der Waals surface area contributed by atoms with Gasteiger partial charge in [-0.1, -0.05) is 0 Å². The molecule has 0 saturated carbocycles. The highest BCUT2D eigenvalue weighted by atomic mass is 32.2. The molecule has 3 rings (SSSR count). The zero-order valence-corrected chi connectivity index (χ0v) is 18.6. The van der Waals surface area contributed by atoms with Crippen molar-refractivity contribution in [1.29, 1.82) is 0 Å². The average Bonchev–Trinajstić information content (AvgIpc) is 2.97. The first-order valence-corrected chi connectivity index (χ1v) is 10.9. The zero-order valence-electron chi connectivity index (χ0n) is 17.8. The van der Waals surface area contributed by atoms with Crippen LogP contribution in [0.15, 0.2) is 23.1 Å². The van der Waals surface area contributed by atoms with Crippen molar-refractivity contribution in [2.24, 2.45) is 5.92 Å². The number of piperidine rings is 1. The van der Waals surface area contributed by atoms with Crippen molar-refractivity contribution in [2.45, 2.75) is 45.6 Å². The molecule has 0 unspecified atom stereocenters. The number of aromatic carboxylic acids is 1. The van der Waals surface area contributed by atoms with Gasteiger partial charge in [0, 0.05) is 18.8 Å². The molecule has 0 aliphatic carbocycles. The summed E-state index contributed by atoms with van der Waals surface area (Å²) in [5, 5.41) is 11.1.